The van der Waals surface area contributed by atoms with Gasteiger partial charge in [0.25, 0.3) is 5.91 Å². The minimum Gasteiger partial charge on any atom is -0.487 e. The van der Waals surface area contributed by atoms with E-state index in [4.69, 9.17) is 9.47 Å². The molecule has 0 aromatic heterocycles. The standard InChI is InChI=1S/C30H35N3O6S/c1-32(2)30(35)20-38-26-13-12-22-7-6-10-25(16-23(22)17-26)33(24-8-4-3-5-9-24)18-29(34)31-40(36,37)28-15-21-11-14-27(28)39-19-21/h3-5,8-9,11-15,17,25,29,31,34H,6-7,10,16,18-20H2,1-2H3/t25?,29-/m1/s1. The molecule has 2 bridgehead atoms. The molecule has 3 aromatic rings. The number of aliphatic hydroxyl groups excluding tert-OH is 1. The van der Waals surface area contributed by atoms with Gasteiger partial charge in [-0.3, -0.25) is 4.79 Å². The Labute approximate surface area is 235 Å². The lowest BCUT2D eigenvalue weighted by Gasteiger charge is -2.35. The number of likely N-dealkylation sites (N-methyl/N-ethyl adjacent to an activating group) is 1. The van der Waals surface area contributed by atoms with E-state index in [2.05, 4.69) is 15.7 Å². The number of carbonyl (C=O) groups excluding carboxylic acids is 1. The normalized spacial score (nSPS) is 16.8. The van der Waals surface area contributed by atoms with Gasteiger partial charge in [-0.1, -0.05) is 30.3 Å². The van der Waals surface area contributed by atoms with Gasteiger partial charge in [0, 0.05) is 25.8 Å². The average Bonchev–Trinajstić information content (AvgIpc) is 3.17. The fourth-order valence-corrected chi connectivity index (χ4v) is 6.49. The molecular weight excluding hydrogens is 530 g/mol. The van der Waals surface area contributed by atoms with Crippen LogP contribution in [0.25, 0.3) is 0 Å². The van der Waals surface area contributed by atoms with E-state index in [-0.39, 0.29) is 35.7 Å². The van der Waals surface area contributed by atoms with Gasteiger partial charge in [-0.15, -0.1) is 0 Å². The lowest BCUT2D eigenvalue weighted by Crippen LogP contribution is -2.48. The Balaban J connectivity index is 1.35. The maximum Gasteiger partial charge on any atom is 0.259 e. The predicted molar refractivity (Wildman–Crippen MR) is 152 cm³/mol. The van der Waals surface area contributed by atoms with Gasteiger partial charge in [-0.05, 0) is 78.8 Å². The number of aryl methyl sites for hydroxylation is 1. The number of fused-ring (bicyclic) bond motifs is 4. The van der Waals surface area contributed by atoms with E-state index in [0.717, 1.165) is 36.1 Å². The van der Waals surface area contributed by atoms with Crippen molar-refractivity contribution in [2.45, 2.75) is 49.5 Å². The van der Waals surface area contributed by atoms with Crippen LogP contribution in [0, 0.1) is 0 Å². The van der Waals surface area contributed by atoms with Gasteiger partial charge in [0.1, 0.15) is 29.2 Å². The highest BCUT2D eigenvalue weighted by Crippen LogP contribution is 2.32. The highest BCUT2D eigenvalue weighted by atomic mass is 32.2. The number of ether oxygens (including phenoxy) is 2. The van der Waals surface area contributed by atoms with Gasteiger partial charge in [0.2, 0.25) is 10.0 Å². The number of sulfonamides is 1. The van der Waals surface area contributed by atoms with Crippen molar-refractivity contribution in [3.63, 3.8) is 0 Å². The summed E-state index contributed by atoms with van der Waals surface area (Å²) in [6.07, 6.45) is 2.03. The van der Waals surface area contributed by atoms with Crippen molar-refractivity contribution in [1.29, 1.82) is 0 Å². The van der Waals surface area contributed by atoms with E-state index in [0.29, 0.717) is 18.8 Å². The second kappa shape index (κ2) is 11.9. The molecule has 2 aliphatic heterocycles. The zero-order valence-corrected chi connectivity index (χ0v) is 23.6. The minimum atomic E-state index is -4.00. The van der Waals surface area contributed by atoms with Crippen LogP contribution in [0.15, 0.2) is 71.6 Å². The quantitative estimate of drug-likeness (QED) is 0.287. The number of hydrogen-bond acceptors (Lipinski definition) is 7. The number of benzene rings is 3. The van der Waals surface area contributed by atoms with Gasteiger partial charge in [0.15, 0.2) is 6.61 Å². The third kappa shape index (κ3) is 6.41. The van der Waals surface area contributed by atoms with E-state index in [1.54, 1.807) is 26.2 Å². The molecular formula is C30H35N3O6S. The molecule has 10 heteroatoms. The number of nitrogens with one attached hydrogen (secondary N) is 1. The summed E-state index contributed by atoms with van der Waals surface area (Å²) in [5.74, 6) is 0.798. The van der Waals surface area contributed by atoms with Crippen molar-refractivity contribution in [3.05, 3.63) is 83.4 Å². The van der Waals surface area contributed by atoms with Crippen molar-refractivity contribution in [1.82, 2.24) is 9.62 Å². The molecule has 40 heavy (non-hydrogen) atoms. The molecule has 0 fully saturated rings. The summed E-state index contributed by atoms with van der Waals surface area (Å²) < 4.78 is 40.0. The fraction of sp³-hybridized carbons (Fsp3) is 0.367. The SMILES string of the molecule is CN(C)C(=O)COc1ccc2c(c1)CC(N(C[C@@H](O)NS(=O)(=O)c1cc3ccc1OC3)c1ccccc1)CCC2. The number of amides is 1. The molecule has 0 saturated carbocycles. The van der Waals surface area contributed by atoms with Crippen LogP contribution in [-0.2, 0) is 34.3 Å². The second-order valence-corrected chi connectivity index (χ2v) is 12.1. The zero-order valence-electron chi connectivity index (χ0n) is 22.7. The highest BCUT2D eigenvalue weighted by Gasteiger charge is 2.29. The van der Waals surface area contributed by atoms with Gasteiger partial charge in [0.05, 0.1) is 6.54 Å². The van der Waals surface area contributed by atoms with Crippen LogP contribution in [0.5, 0.6) is 11.5 Å². The van der Waals surface area contributed by atoms with Crippen molar-refractivity contribution >= 4 is 21.6 Å². The van der Waals surface area contributed by atoms with Crippen LogP contribution in [0.2, 0.25) is 0 Å². The maximum absolute atomic E-state index is 13.1. The van der Waals surface area contributed by atoms with Crippen LogP contribution < -0.4 is 19.1 Å². The van der Waals surface area contributed by atoms with E-state index in [1.807, 2.05) is 48.5 Å². The molecule has 2 heterocycles. The largest absolute Gasteiger partial charge is 0.487 e. The first-order chi connectivity index (χ1) is 19.2. The molecule has 3 aliphatic rings. The van der Waals surface area contributed by atoms with E-state index < -0.39 is 16.3 Å². The average molecular weight is 566 g/mol. The third-order valence-corrected chi connectivity index (χ3v) is 8.84. The van der Waals surface area contributed by atoms with Crippen LogP contribution in [0.1, 0.15) is 29.5 Å². The summed E-state index contributed by atoms with van der Waals surface area (Å²) in [7, 11) is -0.614. The summed E-state index contributed by atoms with van der Waals surface area (Å²) in [5, 5.41) is 11.0. The Morgan fingerprint density at radius 2 is 1.90 bits per heavy atom. The van der Waals surface area contributed by atoms with Gasteiger partial charge in [-0.25, -0.2) is 8.42 Å². The van der Waals surface area contributed by atoms with E-state index >= 15 is 0 Å². The molecule has 3 aromatic carbocycles. The Hall–Kier alpha value is -3.60. The van der Waals surface area contributed by atoms with Crippen LogP contribution >= 0.6 is 0 Å². The van der Waals surface area contributed by atoms with Crippen molar-refractivity contribution in [3.8, 4) is 11.5 Å². The Morgan fingerprint density at radius 3 is 2.58 bits per heavy atom. The van der Waals surface area contributed by atoms with Crippen LogP contribution in [0.3, 0.4) is 0 Å². The van der Waals surface area contributed by atoms with Gasteiger partial charge in [-0.2, -0.15) is 4.72 Å². The molecule has 6 rings (SSSR count). The van der Waals surface area contributed by atoms with Crippen LogP contribution in [0.4, 0.5) is 5.69 Å². The monoisotopic (exact) mass is 565 g/mol. The lowest BCUT2D eigenvalue weighted by molar-refractivity contribution is -0.130. The molecule has 1 amide bonds. The summed E-state index contributed by atoms with van der Waals surface area (Å²) >= 11 is 0. The molecule has 0 saturated heterocycles. The molecule has 0 radical (unpaired) electrons. The molecule has 2 atom stereocenters. The number of para-hydroxylation sites is 1. The first-order valence-corrected chi connectivity index (χ1v) is 14.9. The molecule has 1 aliphatic carbocycles. The van der Waals surface area contributed by atoms with E-state index in [9.17, 15) is 18.3 Å². The first kappa shape index (κ1) is 27.9. The smallest absolute Gasteiger partial charge is 0.259 e. The maximum atomic E-state index is 13.1. The molecule has 0 spiro atoms. The Morgan fingerprint density at radius 1 is 1.10 bits per heavy atom. The summed E-state index contributed by atoms with van der Waals surface area (Å²) in [4.78, 5) is 15.6. The number of carbonyl (C=O) groups is 1. The Bertz CT molecular complexity index is 1460. The molecule has 9 nitrogen and oxygen atoms in total. The zero-order chi connectivity index (χ0) is 28.3. The third-order valence-electron chi connectivity index (χ3n) is 7.36. The highest BCUT2D eigenvalue weighted by molar-refractivity contribution is 7.89. The number of nitrogens with zero attached hydrogens (tertiary/aromatic N) is 2. The number of rotatable bonds is 10. The van der Waals surface area contributed by atoms with Crippen LogP contribution in [-0.4, -0.2) is 63.8 Å². The predicted octanol–water partition coefficient (Wildman–Crippen LogP) is 3.10. The number of anilines is 1. The minimum absolute atomic E-state index is 0.00238. The Kier molecular flexibility index (Phi) is 8.30. The summed E-state index contributed by atoms with van der Waals surface area (Å²) in [5.41, 5.74) is 4.01. The lowest BCUT2D eigenvalue weighted by atomic mass is 10.00. The first-order valence-electron chi connectivity index (χ1n) is 13.4. The van der Waals surface area contributed by atoms with Crippen molar-refractivity contribution in [2.24, 2.45) is 0 Å². The van der Waals surface area contributed by atoms with E-state index in [1.165, 1.54) is 10.5 Å². The number of hydrogen-bond donors (Lipinski definition) is 2. The topological polar surface area (TPSA) is 108 Å². The number of aliphatic hydroxyl groups is 1. The molecule has 2 N–H and O–H groups in total. The fourth-order valence-electron chi connectivity index (χ4n) is 5.23. The summed E-state index contributed by atoms with van der Waals surface area (Å²) in [6.45, 7) is 0.372. The van der Waals surface area contributed by atoms with Gasteiger partial charge < -0.3 is 24.4 Å². The van der Waals surface area contributed by atoms with Crippen molar-refractivity contribution in [2.75, 3.05) is 32.1 Å². The second-order valence-electron chi connectivity index (χ2n) is 10.5. The molecule has 212 valence electrons. The van der Waals surface area contributed by atoms with Crippen molar-refractivity contribution < 1.29 is 27.8 Å². The van der Waals surface area contributed by atoms with Gasteiger partial charge >= 0.3 is 0 Å². The molecule has 1 unspecified atom stereocenters. The summed E-state index contributed by atoms with van der Waals surface area (Å²) in [6, 6.07) is 20.7.